The minimum atomic E-state index is -0.115. The molecular weight excluding hydrogens is 222 g/mol. The molecule has 0 aromatic carbocycles. The van der Waals surface area contributed by atoms with Crippen LogP contribution in [-0.2, 0) is 4.79 Å². The number of carbonyl (C=O) groups is 1. The van der Waals surface area contributed by atoms with Crippen LogP contribution in [0.4, 0.5) is 5.82 Å². The van der Waals surface area contributed by atoms with Crippen LogP contribution in [0.3, 0.4) is 0 Å². The van der Waals surface area contributed by atoms with Gasteiger partial charge in [-0.1, -0.05) is 15.9 Å². The summed E-state index contributed by atoms with van der Waals surface area (Å²) in [5.41, 5.74) is 0. The van der Waals surface area contributed by atoms with Crippen LogP contribution in [0.15, 0.2) is 22.8 Å². The number of hydrogen-bond acceptors (Lipinski definition) is 3. The Bertz CT molecular complexity index is 277. The zero-order valence-corrected chi connectivity index (χ0v) is 8.26. The summed E-state index contributed by atoms with van der Waals surface area (Å²) < 4.78 is 0.899. The Morgan fingerprint density at radius 2 is 2.33 bits per heavy atom. The average Bonchev–Trinajstić information content (AvgIpc) is 1.85. The first-order valence-corrected chi connectivity index (χ1v) is 3.87. The molecule has 1 amide bonds. The maximum Gasteiger partial charge on any atom is 0.222 e. The van der Waals surface area contributed by atoms with Gasteiger partial charge in [0.15, 0.2) is 0 Å². The first kappa shape index (κ1) is 11.1. The van der Waals surface area contributed by atoms with Gasteiger partial charge in [0.1, 0.15) is 5.82 Å². The van der Waals surface area contributed by atoms with E-state index in [9.17, 15) is 4.79 Å². The molecule has 0 bridgehead atoms. The van der Waals surface area contributed by atoms with Crippen molar-refractivity contribution in [3.05, 3.63) is 22.8 Å². The van der Waals surface area contributed by atoms with E-state index in [1.54, 1.807) is 18.3 Å². The third-order valence-electron chi connectivity index (χ3n) is 1.03. The molecule has 1 rings (SSSR count). The van der Waals surface area contributed by atoms with Crippen molar-refractivity contribution >= 4 is 27.7 Å². The third kappa shape index (κ3) is 3.45. The van der Waals surface area contributed by atoms with Gasteiger partial charge in [-0.25, -0.2) is 4.98 Å². The summed E-state index contributed by atoms with van der Waals surface area (Å²) in [7, 11) is 0. The van der Waals surface area contributed by atoms with E-state index in [0.717, 1.165) is 4.47 Å². The smallest absolute Gasteiger partial charge is 0.222 e. The number of rotatable bonds is 1. The fourth-order valence-corrected chi connectivity index (χ4v) is 0.989. The number of halogens is 1. The Kier molecular flexibility index (Phi) is 4.46. The average molecular weight is 232 g/mol. The van der Waals surface area contributed by atoms with Crippen molar-refractivity contribution in [3.63, 3.8) is 0 Å². The fraction of sp³-hybridized carbons (Fsp3) is 0.143. The molecule has 1 aromatic heterocycles. The molecule has 4 N–H and O–H groups in total. The molecule has 0 radical (unpaired) electrons. The number of nitrogens with one attached hydrogen (secondary N) is 1. The Labute approximate surface area is 79.1 Å². The molecule has 0 saturated heterocycles. The molecule has 0 fully saturated rings. The zero-order valence-electron chi connectivity index (χ0n) is 6.67. The van der Waals surface area contributed by atoms with Crippen LogP contribution in [0, 0.1) is 0 Å². The molecule has 0 aliphatic carbocycles. The SMILES string of the molecule is CC(=O)Nc1cc(Br)ccn1.N. The van der Waals surface area contributed by atoms with E-state index in [2.05, 4.69) is 26.2 Å². The Morgan fingerprint density at radius 1 is 1.67 bits per heavy atom. The van der Waals surface area contributed by atoms with E-state index in [0.29, 0.717) is 5.82 Å². The molecular formula is C7H10BrN3O. The molecule has 0 unspecified atom stereocenters. The summed E-state index contributed by atoms with van der Waals surface area (Å²) in [6, 6.07) is 3.53. The van der Waals surface area contributed by atoms with Crippen molar-refractivity contribution in [2.45, 2.75) is 6.92 Å². The lowest BCUT2D eigenvalue weighted by atomic mass is 10.4. The van der Waals surface area contributed by atoms with E-state index in [-0.39, 0.29) is 12.1 Å². The Hall–Kier alpha value is -0.940. The van der Waals surface area contributed by atoms with E-state index < -0.39 is 0 Å². The fourth-order valence-electron chi connectivity index (χ4n) is 0.653. The minimum Gasteiger partial charge on any atom is -0.344 e. The molecule has 5 heteroatoms. The van der Waals surface area contributed by atoms with E-state index in [1.807, 2.05) is 0 Å². The van der Waals surface area contributed by atoms with Gasteiger partial charge in [0.25, 0.3) is 0 Å². The van der Waals surface area contributed by atoms with Gasteiger partial charge >= 0.3 is 0 Å². The molecule has 12 heavy (non-hydrogen) atoms. The molecule has 0 saturated carbocycles. The lowest BCUT2D eigenvalue weighted by molar-refractivity contribution is -0.114. The molecule has 0 atom stereocenters. The van der Waals surface area contributed by atoms with Gasteiger partial charge in [0.2, 0.25) is 5.91 Å². The number of aromatic nitrogens is 1. The summed E-state index contributed by atoms with van der Waals surface area (Å²) >= 11 is 3.26. The molecule has 1 heterocycles. The van der Waals surface area contributed by atoms with Crippen LogP contribution in [0.5, 0.6) is 0 Å². The monoisotopic (exact) mass is 231 g/mol. The van der Waals surface area contributed by atoms with Crippen molar-refractivity contribution in [2.75, 3.05) is 5.32 Å². The van der Waals surface area contributed by atoms with Gasteiger partial charge in [-0.05, 0) is 12.1 Å². The van der Waals surface area contributed by atoms with Crippen LogP contribution < -0.4 is 11.5 Å². The second-order valence-corrected chi connectivity index (χ2v) is 2.96. The van der Waals surface area contributed by atoms with Crippen molar-refractivity contribution in [1.29, 1.82) is 0 Å². The Balaban J connectivity index is 0.00000121. The second-order valence-electron chi connectivity index (χ2n) is 2.04. The van der Waals surface area contributed by atoms with Gasteiger partial charge in [-0.15, -0.1) is 0 Å². The normalized spacial score (nSPS) is 8.50. The van der Waals surface area contributed by atoms with Gasteiger partial charge in [-0.3, -0.25) is 4.79 Å². The molecule has 1 aromatic rings. The maximum absolute atomic E-state index is 10.6. The molecule has 4 nitrogen and oxygen atoms in total. The second kappa shape index (κ2) is 4.84. The van der Waals surface area contributed by atoms with E-state index in [1.165, 1.54) is 6.92 Å². The highest BCUT2D eigenvalue weighted by Gasteiger charge is 1.95. The van der Waals surface area contributed by atoms with Crippen LogP contribution in [0.1, 0.15) is 6.92 Å². The van der Waals surface area contributed by atoms with Gasteiger partial charge in [0, 0.05) is 17.6 Å². The summed E-state index contributed by atoms with van der Waals surface area (Å²) in [6.45, 7) is 1.45. The highest BCUT2D eigenvalue weighted by molar-refractivity contribution is 9.10. The Morgan fingerprint density at radius 3 is 2.83 bits per heavy atom. The third-order valence-corrected chi connectivity index (χ3v) is 1.52. The number of hydrogen-bond donors (Lipinski definition) is 2. The largest absolute Gasteiger partial charge is 0.344 e. The standard InChI is InChI=1S/C7H7BrN2O.H3N/c1-5(11)10-7-4-6(8)2-3-9-7;/h2-4H,1H3,(H,9,10,11);1H3. The summed E-state index contributed by atoms with van der Waals surface area (Å²) in [4.78, 5) is 14.5. The van der Waals surface area contributed by atoms with Crippen LogP contribution in [0.2, 0.25) is 0 Å². The summed E-state index contributed by atoms with van der Waals surface area (Å²) in [5, 5.41) is 2.57. The quantitative estimate of drug-likeness (QED) is 0.776. The van der Waals surface area contributed by atoms with Crippen molar-refractivity contribution in [2.24, 2.45) is 0 Å². The van der Waals surface area contributed by atoms with E-state index >= 15 is 0 Å². The summed E-state index contributed by atoms with van der Waals surface area (Å²) in [6.07, 6.45) is 1.62. The first-order valence-electron chi connectivity index (χ1n) is 3.07. The minimum absolute atomic E-state index is 0. The van der Waals surface area contributed by atoms with Crippen LogP contribution in [-0.4, -0.2) is 10.9 Å². The maximum atomic E-state index is 10.6. The topological polar surface area (TPSA) is 77.0 Å². The van der Waals surface area contributed by atoms with Crippen LogP contribution >= 0.6 is 15.9 Å². The number of nitrogens with zero attached hydrogens (tertiary/aromatic N) is 1. The van der Waals surface area contributed by atoms with Crippen molar-refractivity contribution in [3.8, 4) is 0 Å². The first-order chi connectivity index (χ1) is 5.18. The molecule has 0 aliphatic heterocycles. The number of carbonyl (C=O) groups excluding carboxylic acids is 1. The van der Waals surface area contributed by atoms with E-state index in [4.69, 9.17) is 0 Å². The molecule has 66 valence electrons. The predicted octanol–water partition coefficient (Wildman–Crippen LogP) is 1.96. The van der Waals surface area contributed by atoms with Gasteiger partial charge in [-0.2, -0.15) is 0 Å². The number of anilines is 1. The highest BCUT2D eigenvalue weighted by atomic mass is 79.9. The highest BCUT2D eigenvalue weighted by Crippen LogP contribution is 2.12. The zero-order chi connectivity index (χ0) is 8.27. The lowest BCUT2D eigenvalue weighted by Crippen LogP contribution is -2.06. The molecule has 0 spiro atoms. The predicted molar refractivity (Wildman–Crippen MR) is 51.3 cm³/mol. The van der Waals surface area contributed by atoms with Crippen LogP contribution in [0.25, 0.3) is 0 Å². The number of pyridine rings is 1. The van der Waals surface area contributed by atoms with Gasteiger partial charge < -0.3 is 11.5 Å². The van der Waals surface area contributed by atoms with Gasteiger partial charge in [0.05, 0.1) is 0 Å². The number of amides is 1. The lowest BCUT2D eigenvalue weighted by Gasteiger charge is -1.99. The summed E-state index contributed by atoms with van der Waals surface area (Å²) in [5.74, 6) is 0.447. The van der Waals surface area contributed by atoms with Crippen molar-refractivity contribution < 1.29 is 4.79 Å². The van der Waals surface area contributed by atoms with Crippen molar-refractivity contribution in [1.82, 2.24) is 11.1 Å². The molecule has 0 aliphatic rings.